The van der Waals surface area contributed by atoms with E-state index in [0.29, 0.717) is 33.3 Å². The maximum absolute atomic E-state index is 12.9. The van der Waals surface area contributed by atoms with Crippen LogP contribution in [0.25, 0.3) is 0 Å². The Morgan fingerprint density at radius 1 is 1.08 bits per heavy atom. The lowest BCUT2D eigenvalue weighted by molar-refractivity contribution is 0.628. The van der Waals surface area contributed by atoms with Crippen LogP contribution in [0, 0.1) is 5.82 Å². The van der Waals surface area contributed by atoms with E-state index in [-0.39, 0.29) is 5.82 Å². The quantitative estimate of drug-likeness (QED) is 0.633. The summed E-state index contributed by atoms with van der Waals surface area (Å²) in [5.41, 5.74) is 1.60. The van der Waals surface area contributed by atoms with Gasteiger partial charge in [-0.1, -0.05) is 29.3 Å². The zero-order chi connectivity index (χ0) is 17.8. The van der Waals surface area contributed by atoms with Gasteiger partial charge in [-0.05, 0) is 54.2 Å². The van der Waals surface area contributed by atoms with E-state index in [2.05, 4.69) is 20.7 Å². The average Bonchev–Trinajstić information content (AvgIpc) is 3.00. The van der Waals surface area contributed by atoms with E-state index >= 15 is 0 Å². The average molecular weight is 396 g/mol. The fraction of sp³-hybridized carbons (Fsp3) is 0.0625. The summed E-state index contributed by atoms with van der Waals surface area (Å²) in [5, 5.41) is 11.4. The molecule has 0 fully saturated rings. The van der Waals surface area contributed by atoms with E-state index < -0.39 is 0 Å². The lowest BCUT2D eigenvalue weighted by Crippen LogP contribution is -2.20. The summed E-state index contributed by atoms with van der Waals surface area (Å²) in [7, 11) is 0. The summed E-state index contributed by atoms with van der Waals surface area (Å²) in [5.74, 6) is 0.0341. The Balaban J connectivity index is 1.60. The summed E-state index contributed by atoms with van der Waals surface area (Å²) in [4.78, 5) is 4.14. The normalized spacial score (nSPS) is 10.5. The Bertz CT molecular complexity index is 898. The predicted octanol–water partition coefficient (Wildman–Crippen LogP) is 4.58. The maximum atomic E-state index is 12.9. The minimum Gasteiger partial charge on any atom is -0.332 e. The first-order valence-corrected chi connectivity index (χ1v) is 8.33. The Kier molecular flexibility index (Phi) is 5.47. The van der Waals surface area contributed by atoms with Crippen LogP contribution in [0.4, 0.5) is 16.0 Å². The molecule has 0 saturated carbocycles. The minimum absolute atomic E-state index is 0.305. The molecule has 2 aromatic carbocycles. The van der Waals surface area contributed by atoms with E-state index in [1.165, 1.54) is 12.1 Å². The highest BCUT2D eigenvalue weighted by atomic mass is 35.5. The van der Waals surface area contributed by atoms with Crippen molar-refractivity contribution in [3.05, 3.63) is 70.2 Å². The van der Waals surface area contributed by atoms with E-state index in [1.54, 1.807) is 35.3 Å². The molecule has 128 valence electrons. The number of hydrogen-bond donors (Lipinski definition) is 2. The zero-order valence-electron chi connectivity index (χ0n) is 12.7. The number of halogens is 3. The van der Waals surface area contributed by atoms with Gasteiger partial charge < -0.3 is 5.32 Å². The molecule has 0 spiro atoms. The van der Waals surface area contributed by atoms with Crippen molar-refractivity contribution in [1.29, 1.82) is 0 Å². The molecular formula is C16H12Cl2FN5S. The molecule has 3 rings (SSSR count). The first-order valence-electron chi connectivity index (χ1n) is 7.16. The number of rotatable bonds is 4. The Morgan fingerprint density at radius 3 is 2.56 bits per heavy atom. The van der Waals surface area contributed by atoms with Crippen LogP contribution in [0.1, 0.15) is 5.56 Å². The molecule has 0 aliphatic heterocycles. The fourth-order valence-electron chi connectivity index (χ4n) is 2.05. The molecule has 0 saturated heterocycles. The van der Waals surface area contributed by atoms with Gasteiger partial charge in [0.1, 0.15) is 12.1 Å². The smallest absolute Gasteiger partial charge is 0.248 e. The number of nitrogens with one attached hydrogen (secondary N) is 2. The Labute approximate surface area is 158 Å². The third kappa shape index (κ3) is 4.88. The summed E-state index contributed by atoms with van der Waals surface area (Å²) in [6.07, 6.45) is 1.57. The molecular weight excluding hydrogens is 384 g/mol. The minimum atomic E-state index is -0.313. The van der Waals surface area contributed by atoms with Gasteiger partial charge in [0.05, 0.1) is 16.6 Å². The molecule has 1 heterocycles. The molecule has 9 heteroatoms. The molecule has 0 unspecified atom stereocenters. The lowest BCUT2D eigenvalue weighted by Gasteiger charge is -2.07. The van der Waals surface area contributed by atoms with Crippen LogP contribution < -0.4 is 10.6 Å². The fourth-order valence-corrected chi connectivity index (χ4v) is 2.58. The highest BCUT2D eigenvalue weighted by Gasteiger charge is 2.06. The van der Waals surface area contributed by atoms with Crippen molar-refractivity contribution >= 4 is 52.2 Å². The standard InChI is InChI=1S/C16H12Cl2FN5S/c17-13-6-1-10(7-14(13)18)8-24-9-20-15(23-24)22-16(25)21-12-4-2-11(19)3-5-12/h1-7,9H,8H2,(H2,21,22,23,25). The molecule has 0 radical (unpaired) electrons. The third-order valence-electron chi connectivity index (χ3n) is 3.19. The number of nitrogens with zero attached hydrogens (tertiary/aromatic N) is 3. The van der Waals surface area contributed by atoms with Gasteiger partial charge in [0.25, 0.3) is 0 Å². The second-order valence-electron chi connectivity index (χ2n) is 5.10. The second kappa shape index (κ2) is 7.77. The van der Waals surface area contributed by atoms with E-state index in [0.717, 1.165) is 5.56 Å². The number of hydrogen-bond acceptors (Lipinski definition) is 3. The second-order valence-corrected chi connectivity index (χ2v) is 6.32. The van der Waals surface area contributed by atoms with Crippen molar-refractivity contribution < 1.29 is 4.39 Å². The maximum Gasteiger partial charge on any atom is 0.248 e. The number of anilines is 2. The van der Waals surface area contributed by atoms with Crippen LogP contribution in [-0.4, -0.2) is 19.9 Å². The van der Waals surface area contributed by atoms with Crippen LogP contribution in [0.15, 0.2) is 48.8 Å². The molecule has 5 nitrogen and oxygen atoms in total. The summed E-state index contributed by atoms with van der Waals surface area (Å²) < 4.78 is 14.5. The Hall–Kier alpha value is -2.22. The van der Waals surface area contributed by atoms with Gasteiger partial charge in [0.15, 0.2) is 5.11 Å². The van der Waals surface area contributed by atoms with Gasteiger partial charge in [-0.25, -0.2) is 14.1 Å². The van der Waals surface area contributed by atoms with Crippen molar-refractivity contribution in [1.82, 2.24) is 14.8 Å². The lowest BCUT2D eigenvalue weighted by atomic mass is 10.2. The van der Waals surface area contributed by atoms with Gasteiger partial charge in [-0.15, -0.1) is 5.10 Å². The van der Waals surface area contributed by atoms with Crippen molar-refractivity contribution in [3.63, 3.8) is 0 Å². The highest BCUT2D eigenvalue weighted by Crippen LogP contribution is 2.22. The highest BCUT2D eigenvalue weighted by molar-refractivity contribution is 7.80. The van der Waals surface area contributed by atoms with Crippen LogP contribution in [0.3, 0.4) is 0 Å². The van der Waals surface area contributed by atoms with Gasteiger partial charge in [-0.2, -0.15) is 0 Å². The topological polar surface area (TPSA) is 54.8 Å². The largest absolute Gasteiger partial charge is 0.332 e. The first kappa shape index (κ1) is 17.6. The summed E-state index contributed by atoms with van der Waals surface area (Å²) in [6.45, 7) is 0.490. The third-order valence-corrected chi connectivity index (χ3v) is 4.14. The number of benzene rings is 2. The van der Waals surface area contributed by atoms with Gasteiger partial charge >= 0.3 is 0 Å². The van der Waals surface area contributed by atoms with Crippen LogP contribution >= 0.6 is 35.4 Å². The SMILES string of the molecule is Fc1ccc(NC(=S)Nc2ncn(Cc3ccc(Cl)c(Cl)c3)n2)cc1. The van der Waals surface area contributed by atoms with Crippen molar-refractivity contribution in [3.8, 4) is 0 Å². The molecule has 0 aliphatic carbocycles. The Morgan fingerprint density at radius 2 is 1.84 bits per heavy atom. The number of thiocarbonyl (C=S) groups is 1. The van der Waals surface area contributed by atoms with Crippen molar-refractivity contribution in [2.75, 3.05) is 10.6 Å². The van der Waals surface area contributed by atoms with Crippen LogP contribution in [0.2, 0.25) is 10.0 Å². The molecule has 2 N–H and O–H groups in total. The van der Waals surface area contributed by atoms with Gasteiger partial charge in [-0.3, -0.25) is 5.32 Å². The molecule has 25 heavy (non-hydrogen) atoms. The molecule has 0 atom stereocenters. The van der Waals surface area contributed by atoms with Gasteiger partial charge in [0.2, 0.25) is 5.95 Å². The predicted molar refractivity (Wildman–Crippen MR) is 102 cm³/mol. The van der Waals surface area contributed by atoms with E-state index in [4.69, 9.17) is 35.4 Å². The molecule has 0 aliphatic rings. The van der Waals surface area contributed by atoms with E-state index in [9.17, 15) is 4.39 Å². The van der Waals surface area contributed by atoms with Crippen molar-refractivity contribution in [2.24, 2.45) is 0 Å². The molecule has 0 amide bonds. The first-order chi connectivity index (χ1) is 12.0. The zero-order valence-corrected chi connectivity index (χ0v) is 15.0. The molecule has 0 bridgehead atoms. The van der Waals surface area contributed by atoms with Gasteiger partial charge in [0, 0.05) is 5.69 Å². The summed E-state index contributed by atoms with van der Waals surface area (Å²) in [6, 6.07) is 11.2. The monoisotopic (exact) mass is 395 g/mol. The summed E-state index contributed by atoms with van der Waals surface area (Å²) >= 11 is 17.1. The molecule has 3 aromatic rings. The molecule has 1 aromatic heterocycles. The van der Waals surface area contributed by atoms with E-state index in [1.807, 2.05) is 6.07 Å². The van der Waals surface area contributed by atoms with Crippen LogP contribution in [-0.2, 0) is 6.54 Å². The van der Waals surface area contributed by atoms with Crippen molar-refractivity contribution in [2.45, 2.75) is 6.54 Å². The number of aromatic nitrogens is 3. The van der Waals surface area contributed by atoms with Crippen LogP contribution in [0.5, 0.6) is 0 Å².